The van der Waals surface area contributed by atoms with E-state index in [-0.39, 0.29) is 5.91 Å². The number of nitrogens with zero attached hydrogens (tertiary/aromatic N) is 2. The Kier molecular flexibility index (Phi) is 9.27. The lowest BCUT2D eigenvalue weighted by atomic mass is 10.0. The molecule has 0 saturated carbocycles. The Balaban J connectivity index is 1.47. The van der Waals surface area contributed by atoms with Gasteiger partial charge in [-0.1, -0.05) is 48.5 Å². The highest BCUT2D eigenvalue weighted by Crippen LogP contribution is 2.24. The first-order valence-corrected chi connectivity index (χ1v) is 14.2. The molecule has 0 aliphatic carbocycles. The number of thiocarbonyl (C=S) groups is 1. The van der Waals surface area contributed by atoms with Crippen LogP contribution in [0.1, 0.15) is 28.3 Å². The fourth-order valence-corrected chi connectivity index (χ4v) is 5.91. The Labute approximate surface area is 233 Å². The topological polar surface area (TPSA) is 76.7 Å². The number of nitrogens with one attached hydrogen (secondary N) is 3. The third kappa shape index (κ3) is 6.85. The molecular weight excluding hydrogens is 514 g/mol. The molecule has 1 saturated heterocycles. The van der Waals surface area contributed by atoms with Crippen molar-refractivity contribution >= 4 is 45.6 Å². The molecule has 38 heavy (non-hydrogen) atoms. The molecule has 2 unspecified atom stereocenters. The summed E-state index contributed by atoms with van der Waals surface area (Å²) in [6, 6.07) is 20.4. The minimum absolute atomic E-state index is 0.201. The zero-order valence-electron chi connectivity index (χ0n) is 22.3. The van der Waals surface area contributed by atoms with Gasteiger partial charge >= 0.3 is 0 Å². The van der Waals surface area contributed by atoms with Crippen LogP contribution in [0.2, 0.25) is 0 Å². The molecule has 4 rings (SSSR count). The highest BCUT2D eigenvalue weighted by atomic mass is 32.2. The van der Waals surface area contributed by atoms with E-state index in [9.17, 15) is 9.00 Å². The van der Waals surface area contributed by atoms with E-state index in [0.29, 0.717) is 5.11 Å². The van der Waals surface area contributed by atoms with E-state index in [4.69, 9.17) is 12.2 Å². The fraction of sp³-hybridized carbons (Fsp3) is 0.310. The van der Waals surface area contributed by atoms with E-state index in [1.807, 2.05) is 91.8 Å². The molecule has 1 amide bonds. The third-order valence-electron chi connectivity index (χ3n) is 6.74. The van der Waals surface area contributed by atoms with Gasteiger partial charge in [0, 0.05) is 37.6 Å². The molecule has 2 atom stereocenters. The lowest BCUT2D eigenvalue weighted by Crippen LogP contribution is -2.45. The predicted molar refractivity (Wildman–Crippen MR) is 160 cm³/mol. The Hall–Kier alpha value is -3.11. The summed E-state index contributed by atoms with van der Waals surface area (Å²) in [7, 11) is 0.879. The summed E-state index contributed by atoms with van der Waals surface area (Å²) in [6.45, 7) is 9.28. The molecule has 3 aromatic carbocycles. The van der Waals surface area contributed by atoms with E-state index in [1.165, 1.54) is 0 Å². The maximum Gasteiger partial charge on any atom is 0.251 e. The fourth-order valence-electron chi connectivity index (χ4n) is 4.43. The molecule has 1 aliphatic rings. The largest absolute Gasteiger partial charge is 0.347 e. The molecule has 0 bridgehead atoms. The summed E-state index contributed by atoms with van der Waals surface area (Å²) < 4.78 is 15.1. The number of carbonyl (C=O) groups excluding carboxylic acids is 1. The van der Waals surface area contributed by atoms with Crippen molar-refractivity contribution in [2.24, 2.45) is 0 Å². The second-order valence-electron chi connectivity index (χ2n) is 9.66. The van der Waals surface area contributed by atoms with Crippen LogP contribution < -0.4 is 16.0 Å². The zero-order chi connectivity index (χ0) is 27.2. The number of para-hydroxylation sites is 1. The average molecular weight is 550 g/mol. The van der Waals surface area contributed by atoms with Crippen molar-refractivity contribution in [3.8, 4) is 0 Å². The zero-order valence-corrected chi connectivity index (χ0v) is 23.9. The minimum Gasteiger partial charge on any atom is -0.347 e. The number of amides is 1. The monoisotopic (exact) mass is 549 g/mol. The van der Waals surface area contributed by atoms with Gasteiger partial charge in [-0.2, -0.15) is 0 Å². The highest BCUT2D eigenvalue weighted by Gasteiger charge is 2.24. The molecule has 3 aromatic rings. The molecule has 1 aliphatic heterocycles. The van der Waals surface area contributed by atoms with Gasteiger partial charge in [-0.15, -0.1) is 0 Å². The lowest BCUT2D eigenvalue weighted by Gasteiger charge is -2.31. The number of carbonyl (C=O) groups is 1. The Bertz CT molecular complexity index is 1300. The van der Waals surface area contributed by atoms with E-state index in [0.717, 1.165) is 64.7 Å². The molecular formula is C29H35N5O2S2. The van der Waals surface area contributed by atoms with Crippen LogP contribution in [0.25, 0.3) is 0 Å². The van der Waals surface area contributed by atoms with Gasteiger partial charge in [-0.3, -0.25) is 4.79 Å². The van der Waals surface area contributed by atoms with Gasteiger partial charge < -0.3 is 20.9 Å². The smallest absolute Gasteiger partial charge is 0.251 e. The number of hydrogen-bond donors (Lipinski definition) is 3. The molecule has 1 heterocycles. The number of anilines is 2. The molecule has 0 spiro atoms. The van der Waals surface area contributed by atoms with Crippen LogP contribution >= 0.6 is 12.2 Å². The van der Waals surface area contributed by atoms with Gasteiger partial charge in [0.15, 0.2) is 5.11 Å². The molecule has 3 N–H and O–H groups in total. The summed E-state index contributed by atoms with van der Waals surface area (Å²) >= 11 is 5.63. The second kappa shape index (κ2) is 12.6. The summed E-state index contributed by atoms with van der Waals surface area (Å²) in [5, 5.41) is 9.83. The number of aryl methyl sites for hydroxylation is 3. The summed E-state index contributed by atoms with van der Waals surface area (Å²) in [4.78, 5) is 16.5. The van der Waals surface area contributed by atoms with Crippen molar-refractivity contribution in [1.29, 1.82) is 0 Å². The van der Waals surface area contributed by atoms with Gasteiger partial charge in [0.05, 0.1) is 4.90 Å². The van der Waals surface area contributed by atoms with E-state index < -0.39 is 17.0 Å². The van der Waals surface area contributed by atoms with Crippen molar-refractivity contribution in [3.63, 3.8) is 0 Å². The predicted octanol–water partition coefficient (Wildman–Crippen LogP) is 4.55. The van der Waals surface area contributed by atoms with E-state index in [2.05, 4.69) is 27.9 Å². The van der Waals surface area contributed by atoms with Crippen LogP contribution in [0, 0.1) is 20.8 Å². The molecule has 0 radical (unpaired) electrons. The minimum atomic E-state index is -1.20. The standard InChI is InChI=1S/C29H35N5O2S2/c1-20-9-8-10-21(2)26(20)31-28(35)27(23-11-6-5-7-12-23)32-29(37)30-25-14-13-24(19-22(25)3)38(36)34-17-15-33(4)16-18-34/h5-14,19,27H,15-18H2,1-4H3,(H,31,35)(H2,30,32,37). The van der Waals surface area contributed by atoms with Crippen LogP contribution in [-0.4, -0.2) is 57.7 Å². The van der Waals surface area contributed by atoms with Crippen molar-refractivity contribution in [1.82, 2.24) is 14.5 Å². The lowest BCUT2D eigenvalue weighted by molar-refractivity contribution is -0.117. The van der Waals surface area contributed by atoms with Crippen LogP contribution in [0.3, 0.4) is 0 Å². The van der Waals surface area contributed by atoms with Crippen LogP contribution in [0.4, 0.5) is 11.4 Å². The first-order valence-electron chi connectivity index (χ1n) is 12.7. The average Bonchev–Trinajstić information content (AvgIpc) is 2.91. The summed E-state index contributed by atoms with van der Waals surface area (Å²) in [6.07, 6.45) is 0. The quantitative estimate of drug-likeness (QED) is 0.376. The number of hydrogen-bond acceptors (Lipinski definition) is 4. The Morgan fingerprint density at radius 1 is 0.868 bits per heavy atom. The second-order valence-corrected chi connectivity index (χ2v) is 11.6. The van der Waals surface area contributed by atoms with Crippen LogP contribution in [0.15, 0.2) is 71.6 Å². The SMILES string of the molecule is Cc1cc(S(=O)N2CCN(C)CC2)ccc1NC(=S)NC(C(=O)Nc1c(C)cccc1C)c1ccccc1. The Morgan fingerprint density at radius 2 is 1.53 bits per heavy atom. The van der Waals surface area contributed by atoms with Crippen molar-refractivity contribution < 1.29 is 9.00 Å². The molecule has 7 nitrogen and oxygen atoms in total. The van der Waals surface area contributed by atoms with E-state index >= 15 is 0 Å². The molecule has 9 heteroatoms. The number of likely N-dealkylation sites (N-methyl/N-ethyl adjacent to an activating group) is 1. The summed E-state index contributed by atoms with van der Waals surface area (Å²) in [5.74, 6) is -0.201. The first-order chi connectivity index (χ1) is 18.2. The van der Waals surface area contributed by atoms with Gasteiger partial charge in [0.25, 0.3) is 5.91 Å². The number of piperazine rings is 1. The normalized spacial score (nSPS) is 15.9. The number of benzene rings is 3. The maximum absolute atomic E-state index is 13.5. The van der Waals surface area contributed by atoms with Crippen LogP contribution in [-0.2, 0) is 15.8 Å². The first kappa shape index (κ1) is 27.9. The van der Waals surface area contributed by atoms with Gasteiger partial charge in [0.1, 0.15) is 17.0 Å². The molecule has 0 aromatic heterocycles. The highest BCUT2D eigenvalue weighted by molar-refractivity contribution is 7.82. The van der Waals surface area contributed by atoms with Crippen molar-refractivity contribution in [2.45, 2.75) is 31.7 Å². The number of rotatable bonds is 7. The van der Waals surface area contributed by atoms with Crippen molar-refractivity contribution in [2.75, 3.05) is 43.9 Å². The van der Waals surface area contributed by atoms with Crippen molar-refractivity contribution in [3.05, 3.63) is 89.0 Å². The third-order valence-corrected chi connectivity index (χ3v) is 8.46. The van der Waals surface area contributed by atoms with Gasteiger partial charge in [-0.25, -0.2) is 8.51 Å². The summed E-state index contributed by atoms with van der Waals surface area (Å²) in [5.41, 5.74) is 5.31. The van der Waals surface area contributed by atoms with Gasteiger partial charge in [-0.05, 0) is 80.5 Å². The maximum atomic E-state index is 13.5. The molecule has 200 valence electrons. The Morgan fingerprint density at radius 3 is 2.16 bits per heavy atom. The van der Waals surface area contributed by atoms with Gasteiger partial charge in [0.2, 0.25) is 0 Å². The van der Waals surface area contributed by atoms with Crippen LogP contribution in [0.5, 0.6) is 0 Å². The molecule has 1 fully saturated rings. The van der Waals surface area contributed by atoms with E-state index in [1.54, 1.807) is 0 Å².